The van der Waals surface area contributed by atoms with Gasteiger partial charge in [0.05, 0.1) is 0 Å². The molecule has 1 aliphatic rings. The van der Waals surface area contributed by atoms with Crippen LogP contribution in [-0.4, -0.2) is 22.8 Å². The normalized spacial score (nSPS) is 14.3. The summed E-state index contributed by atoms with van der Waals surface area (Å²) in [7, 11) is 0. The van der Waals surface area contributed by atoms with Gasteiger partial charge in [-0.3, -0.25) is 4.79 Å². The number of aromatic amines is 1. The number of nitrogens with zero attached hydrogens (tertiary/aromatic N) is 1. The highest BCUT2D eigenvalue weighted by Gasteiger charge is 2.20. The van der Waals surface area contributed by atoms with Crippen LogP contribution in [0.3, 0.4) is 0 Å². The third-order valence-electron chi connectivity index (χ3n) is 4.95. The van der Waals surface area contributed by atoms with Crippen LogP contribution < -0.4 is 15.6 Å². The first-order valence-corrected chi connectivity index (χ1v) is 9.62. The number of halogens is 2. The molecule has 2 heterocycles. The van der Waals surface area contributed by atoms with Crippen LogP contribution in [0.15, 0.2) is 45.8 Å². The molecule has 152 valence electrons. The minimum absolute atomic E-state index is 0.0905. The second-order valence-corrected chi connectivity index (χ2v) is 7.05. The lowest BCUT2D eigenvalue weighted by molar-refractivity contribution is 0.202. The predicted molar refractivity (Wildman–Crippen MR) is 104 cm³/mol. The van der Waals surface area contributed by atoms with Crippen molar-refractivity contribution in [2.24, 2.45) is 0 Å². The van der Waals surface area contributed by atoms with Crippen LogP contribution in [0.2, 0.25) is 0 Å². The van der Waals surface area contributed by atoms with Gasteiger partial charge in [0.25, 0.3) is 5.56 Å². The van der Waals surface area contributed by atoms with E-state index in [4.69, 9.17) is 9.26 Å². The molecule has 0 spiro atoms. The maximum Gasteiger partial charge on any atom is 0.280 e. The topological polar surface area (TPSA) is 80.2 Å². The third kappa shape index (κ3) is 4.47. The van der Waals surface area contributed by atoms with Gasteiger partial charge in [0.1, 0.15) is 29.2 Å². The molecule has 6 nitrogen and oxygen atoms in total. The van der Waals surface area contributed by atoms with Crippen molar-refractivity contribution in [3.8, 4) is 17.0 Å². The molecule has 3 aromatic rings. The van der Waals surface area contributed by atoms with Gasteiger partial charge < -0.3 is 14.6 Å². The Morgan fingerprint density at radius 3 is 2.66 bits per heavy atom. The van der Waals surface area contributed by atoms with Gasteiger partial charge in [-0.15, -0.1) is 0 Å². The molecule has 0 aliphatic heterocycles. The standard InChI is InChI=1S/C21H21F2N3O3/c22-17-10-13(16-6-3-8-25-21(16)28-14-4-1-2-5-14)11-18(23)20(17)24-9-7-15-12-19(27)26-29-15/h3,6,8,10-12,14,24H,1-2,4-5,7,9H2,(H,26,27). The van der Waals surface area contributed by atoms with E-state index in [1.54, 1.807) is 18.3 Å². The fraction of sp³-hybridized carbons (Fsp3) is 0.333. The zero-order chi connectivity index (χ0) is 20.2. The molecular weight excluding hydrogens is 380 g/mol. The van der Waals surface area contributed by atoms with Crippen molar-refractivity contribution < 1.29 is 18.0 Å². The molecule has 1 aromatic carbocycles. The molecule has 1 saturated carbocycles. The number of rotatable bonds is 7. The van der Waals surface area contributed by atoms with Gasteiger partial charge in [-0.25, -0.2) is 13.8 Å². The molecule has 0 bridgehead atoms. The van der Waals surface area contributed by atoms with E-state index in [0.717, 1.165) is 25.7 Å². The van der Waals surface area contributed by atoms with Crippen LogP contribution >= 0.6 is 0 Å². The molecule has 2 aromatic heterocycles. The van der Waals surface area contributed by atoms with Crippen LogP contribution in [0.1, 0.15) is 31.4 Å². The Bertz CT molecular complexity index is 1020. The summed E-state index contributed by atoms with van der Waals surface area (Å²) in [6.45, 7) is 0.205. The Morgan fingerprint density at radius 2 is 1.97 bits per heavy atom. The van der Waals surface area contributed by atoms with Gasteiger partial charge >= 0.3 is 0 Å². The number of hydrogen-bond donors (Lipinski definition) is 2. The Kier molecular flexibility index (Phi) is 5.59. The number of aromatic nitrogens is 2. The maximum absolute atomic E-state index is 14.6. The number of anilines is 1. The Hall–Kier alpha value is -3.16. The fourth-order valence-corrected chi connectivity index (χ4v) is 3.52. The second kappa shape index (κ2) is 8.46. The maximum atomic E-state index is 14.6. The van der Waals surface area contributed by atoms with Crippen LogP contribution in [0, 0.1) is 11.6 Å². The number of pyridine rings is 1. The molecule has 1 fully saturated rings. The lowest BCUT2D eigenvalue weighted by Gasteiger charge is -2.16. The smallest absolute Gasteiger partial charge is 0.280 e. The summed E-state index contributed by atoms with van der Waals surface area (Å²) >= 11 is 0. The van der Waals surface area contributed by atoms with Crippen molar-refractivity contribution in [2.45, 2.75) is 38.2 Å². The van der Waals surface area contributed by atoms with E-state index in [1.165, 1.54) is 18.2 Å². The first kappa shape index (κ1) is 19.2. The van der Waals surface area contributed by atoms with Crippen molar-refractivity contribution in [1.29, 1.82) is 0 Å². The first-order valence-electron chi connectivity index (χ1n) is 9.62. The molecule has 8 heteroatoms. The Morgan fingerprint density at radius 1 is 1.21 bits per heavy atom. The van der Waals surface area contributed by atoms with E-state index in [-0.39, 0.29) is 23.9 Å². The fourth-order valence-electron chi connectivity index (χ4n) is 3.52. The number of nitrogens with one attached hydrogen (secondary N) is 2. The van der Waals surface area contributed by atoms with E-state index < -0.39 is 11.6 Å². The lowest BCUT2D eigenvalue weighted by Crippen LogP contribution is -2.12. The highest BCUT2D eigenvalue weighted by molar-refractivity contribution is 5.71. The molecule has 29 heavy (non-hydrogen) atoms. The zero-order valence-corrected chi connectivity index (χ0v) is 15.7. The summed E-state index contributed by atoms with van der Waals surface area (Å²) < 4.78 is 40.1. The van der Waals surface area contributed by atoms with Crippen molar-refractivity contribution in [1.82, 2.24) is 10.1 Å². The van der Waals surface area contributed by atoms with E-state index in [2.05, 4.69) is 15.5 Å². The van der Waals surface area contributed by atoms with Crippen molar-refractivity contribution in [3.63, 3.8) is 0 Å². The number of hydrogen-bond acceptors (Lipinski definition) is 5. The lowest BCUT2D eigenvalue weighted by atomic mass is 10.1. The summed E-state index contributed by atoms with van der Waals surface area (Å²) in [5.41, 5.74) is 0.337. The highest BCUT2D eigenvalue weighted by atomic mass is 19.1. The number of ether oxygens (including phenoxy) is 1. The number of H-pyrrole nitrogens is 1. The van der Waals surface area contributed by atoms with Crippen LogP contribution in [0.25, 0.3) is 11.1 Å². The summed E-state index contributed by atoms with van der Waals surface area (Å²) in [6, 6.07) is 7.28. The van der Waals surface area contributed by atoms with E-state index in [9.17, 15) is 13.6 Å². The minimum Gasteiger partial charge on any atom is -0.474 e. The second-order valence-electron chi connectivity index (χ2n) is 7.05. The van der Waals surface area contributed by atoms with Gasteiger partial charge in [-0.05, 0) is 55.5 Å². The highest BCUT2D eigenvalue weighted by Crippen LogP contribution is 2.34. The molecule has 0 unspecified atom stereocenters. The molecule has 0 saturated heterocycles. The molecular formula is C21H21F2N3O3. The summed E-state index contributed by atoms with van der Waals surface area (Å²) in [6.07, 6.45) is 6.15. The van der Waals surface area contributed by atoms with E-state index in [1.807, 2.05) is 0 Å². The predicted octanol–water partition coefficient (Wildman–Crippen LogP) is 4.28. The largest absolute Gasteiger partial charge is 0.474 e. The van der Waals surface area contributed by atoms with Crippen molar-refractivity contribution in [2.75, 3.05) is 11.9 Å². The van der Waals surface area contributed by atoms with Gasteiger partial charge in [-0.1, -0.05) is 0 Å². The average molecular weight is 401 g/mol. The summed E-state index contributed by atoms with van der Waals surface area (Å²) in [4.78, 5) is 15.3. The molecule has 0 radical (unpaired) electrons. The average Bonchev–Trinajstić information content (AvgIpc) is 3.36. The monoisotopic (exact) mass is 401 g/mol. The Labute approximate surface area is 165 Å². The molecule has 2 N–H and O–H groups in total. The van der Waals surface area contributed by atoms with E-state index in [0.29, 0.717) is 29.2 Å². The summed E-state index contributed by atoms with van der Waals surface area (Å²) in [5, 5.41) is 4.89. The molecule has 1 aliphatic carbocycles. The van der Waals surface area contributed by atoms with E-state index >= 15 is 0 Å². The van der Waals surface area contributed by atoms with Crippen molar-refractivity contribution in [3.05, 3.63) is 64.3 Å². The zero-order valence-electron chi connectivity index (χ0n) is 15.7. The number of benzene rings is 1. The quantitative estimate of drug-likeness (QED) is 0.618. The van der Waals surface area contributed by atoms with Gasteiger partial charge in [-0.2, -0.15) is 5.16 Å². The van der Waals surface area contributed by atoms with Crippen molar-refractivity contribution >= 4 is 5.69 Å². The minimum atomic E-state index is -0.716. The van der Waals surface area contributed by atoms with Crippen LogP contribution in [0.5, 0.6) is 5.88 Å². The third-order valence-corrected chi connectivity index (χ3v) is 4.95. The van der Waals surface area contributed by atoms with Crippen LogP contribution in [0.4, 0.5) is 14.5 Å². The van der Waals surface area contributed by atoms with Gasteiger partial charge in [0.2, 0.25) is 5.88 Å². The molecule has 0 amide bonds. The Balaban J connectivity index is 1.51. The summed E-state index contributed by atoms with van der Waals surface area (Å²) in [5.74, 6) is -0.636. The first-order chi connectivity index (χ1) is 14.1. The SMILES string of the molecule is O=c1cc(CCNc2c(F)cc(-c3cccnc3OC3CCCC3)cc2F)o[nH]1. The molecule has 4 rings (SSSR count). The van der Waals surface area contributed by atoms with Gasteiger partial charge in [0.15, 0.2) is 0 Å². The molecule has 0 atom stereocenters. The van der Waals surface area contributed by atoms with Gasteiger partial charge in [0, 0.05) is 30.8 Å². The van der Waals surface area contributed by atoms with Crippen LogP contribution in [-0.2, 0) is 6.42 Å².